The van der Waals surface area contributed by atoms with Crippen LogP contribution in [-0.2, 0) is 0 Å². The first-order valence-electron chi connectivity index (χ1n) is 7.04. The van der Waals surface area contributed by atoms with Gasteiger partial charge in [-0.2, -0.15) is 0 Å². The predicted octanol–water partition coefficient (Wildman–Crippen LogP) is 4.05. The molecule has 0 bridgehead atoms. The van der Waals surface area contributed by atoms with Crippen LogP contribution in [0.15, 0.2) is 22.7 Å². The molecule has 0 radical (unpaired) electrons. The summed E-state index contributed by atoms with van der Waals surface area (Å²) < 4.78 is 6.36. The van der Waals surface area contributed by atoms with Crippen LogP contribution in [0.2, 0.25) is 0 Å². The Morgan fingerprint density at radius 2 is 1.95 bits per heavy atom. The van der Waals surface area contributed by atoms with Crippen molar-refractivity contribution in [3.8, 4) is 5.75 Å². The molecule has 1 aromatic rings. The van der Waals surface area contributed by atoms with E-state index in [4.69, 9.17) is 4.74 Å². The zero-order valence-electron chi connectivity index (χ0n) is 12.6. The monoisotopic (exact) mass is 398 g/mol. The lowest BCUT2D eigenvalue weighted by Gasteiger charge is -2.35. The minimum absolute atomic E-state index is 0. The molecule has 1 saturated heterocycles. The zero-order chi connectivity index (χ0) is 13.7. The summed E-state index contributed by atoms with van der Waals surface area (Å²) in [5.41, 5.74) is 1.39. The fourth-order valence-electron chi connectivity index (χ4n) is 2.72. The van der Waals surface area contributed by atoms with Crippen molar-refractivity contribution in [2.45, 2.75) is 25.8 Å². The van der Waals surface area contributed by atoms with Gasteiger partial charge in [0.25, 0.3) is 0 Å². The van der Waals surface area contributed by atoms with Gasteiger partial charge in [0.05, 0.1) is 11.6 Å². The molecule has 0 amide bonds. The molecule has 1 atom stereocenters. The molecule has 1 heterocycles. The summed E-state index contributed by atoms with van der Waals surface area (Å²) in [4.78, 5) is 2.59. The third-order valence-electron chi connectivity index (χ3n) is 3.72. The number of piperazine rings is 1. The molecule has 1 fully saturated rings. The van der Waals surface area contributed by atoms with Crippen LogP contribution in [0, 0.1) is 0 Å². The van der Waals surface area contributed by atoms with Crippen LogP contribution in [0.4, 0.5) is 0 Å². The van der Waals surface area contributed by atoms with Crippen molar-refractivity contribution in [3.63, 3.8) is 0 Å². The van der Waals surface area contributed by atoms with Crippen molar-refractivity contribution in [2.75, 3.05) is 33.3 Å². The normalized spacial score (nSPS) is 16.5. The van der Waals surface area contributed by atoms with Crippen molar-refractivity contribution >= 4 is 40.7 Å². The van der Waals surface area contributed by atoms with E-state index in [-0.39, 0.29) is 24.8 Å². The number of hydrogen-bond donors (Lipinski definition) is 1. The van der Waals surface area contributed by atoms with E-state index in [1.165, 1.54) is 18.4 Å². The number of benzene rings is 1. The van der Waals surface area contributed by atoms with Gasteiger partial charge >= 0.3 is 0 Å². The summed E-state index contributed by atoms with van der Waals surface area (Å²) in [6.45, 7) is 6.71. The maximum Gasteiger partial charge on any atom is 0.133 e. The number of rotatable bonds is 5. The lowest BCUT2D eigenvalue weighted by Crippen LogP contribution is -2.45. The smallest absolute Gasteiger partial charge is 0.133 e. The molecule has 0 aromatic heterocycles. The lowest BCUT2D eigenvalue weighted by molar-refractivity contribution is 0.164. The maximum absolute atomic E-state index is 5.31. The molecule has 0 saturated carbocycles. The van der Waals surface area contributed by atoms with Gasteiger partial charge in [0.2, 0.25) is 0 Å². The molecule has 1 N–H and O–H groups in total. The van der Waals surface area contributed by atoms with Crippen LogP contribution < -0.4 is 10.1 Å². The Balaban J connectivity index is 0.00000200. The van der Waals surface area contributed by atoms with Crippen molar-refractivity contribution in [1.29, 1.82) is 0 Å². The highest BCUT2D eigenvalue weighted by Gasteiger charge is 2.21. The van der Waals surface area contributed by atoms with Crippen LogP contribution in [0.5, 0.6) is 5.75 Å². The SMILES string of the molecule is CCC[C@H](c1ccc(OC)c(Br)c1)N1CCNCC1.Cl.Cl. The van der Waals surface area contributed by atoms with E-state index in [1.807, 2.05) is 0 Å². The third-order valence-corrected chi connectivity index (χ3v) is 4.33. The average molecular weight is 400 g/mol. The van der Waals surface area contributed by atoms with Gasteiger partial charge in [-0.15, -0.1) is 24.8 Å². The van der Waals surface area contributed by atoms with Crippen molar-refractivity contribution in [2.24, 2.45) is 0 Å². The van der Waals surface area contributed by atoms with E-state index in [1.54, 1.807) is 7.11 Å². The van der Waals surface area contributed by atoms with Gasteiger partial charge < -0.3 is 10.1 Å². The largest absolute Gasteiger partial charge is 0.496 e. The van der Waals surface area contributed by atoms with E-state index >= 15 is 0 Å². The molecule has 3 nitrogen and oxygen atoms in total. The van der Waals surface area contributed by atoms with Gasteiger partial charge in [0.15, 0.2) is 0 Å². The van der Waals surface area contributed by atoms with Gasteiger partial charge in [0.1, 0.15) is 5.75 Å². The van der Waals surface area contributed by atoms with E-state index in [9.17, 15) is 0 Å². The summed E-state index contributed by atoms with van der Waals surface area (Å²) in [5, 5.41) is 3.42. The molecule has 1 aromatic carbocycles. The van der Waals surface area contributed by atoms with Gasteiger partial charge in [-0.05, 0) is 40.0 Å². The summed E-state index contributed by atoms with van der Waals surface area (Å²) in [6, 6.07) is 6.99. The number of halogens is 3. The van der Waals surface area contributed by atoms with E-state index in [0.29, 0.717) is 6.04 Å². The number of methoxy groups -OCH3 is 1. The first kappa shape index (κ1) is 21.0. The molecule has 1 aliphatic rings. The number of hydrogen-bond acceptors (Lipinski definition) is 3. The minimum Gasteiger partial charge on any atom is -0.496 e. The van der Waals surface area contributed by atoms with Gasteiger partial charge in [-0.3, -0.25) is 4.90 Å². The molecule has 21 heavy (non-hydrogen) atoms. The van der Waals surface area contributed by atoms with Crippen LogP contribution in [0.25, 0.3) is 0 Å². The Morgan fingerprint density at radius 1 is 1.29 bits per heavy atom. The molecule has 0 spiro atoms. The fraction of sp³-hybridized carbons (Fsp3) is 0.600. The molecular weight excluding hydrogens is 375 g/mol. The minimum atomic E-state index is 0. The molecule has 1 aliphatic heterocycles. The molecule has 6 heteroatoms. The summed E-state index contributed by atoms with van der Waals surface area (Å²) in [6.07, 6.45) is 2.41. The predicted molar refractivity (Wildman–Crippen MR) is 97.3 cm³/mol. The highest BCUT2D eigenvalue weighted by atomic mass is 79.9. The Hall–Kier alpha value is -0.000000000000000111. The van der Waals surface area contributed by atoms with Crippen LogP contribution in [0.1, 0.15) is 31.4 Å². The Kier molecular flexibility index (Phi) is 10.7. The Labute approximate surface area is 148 Å². The Bertz CT molecular complexity index is 415. The second kappa shape index (κ2) is 10.7. The quantitative estimate of drug-likeness (QED) is 0.808. The Morgan fingerprint density at radius 3 is 2.48 bits per heavy atom. The second-order valence-electron chi connectivity index (χ2n) is 4.98. The first-order chi connectivity index (χ1) is 9.26. The van der Waals surface area contributed by atoms with Crippen molar-refractivity contribution in [1.82, 2.24) is 10.2 Å². The standard InChI is InChI=1S/C15H23BrN2O.2ClH/c1-3-4-14(18-9-7-17-8-10-18)12-5-6-15(19-2)13(16)11-12;;/h5-6,11,14,17H,3-4,7-10H2,1-2H3;2*1H/t14-;;/m1../s1. The zero-order valence-corrected chi connectivity index (χ0v) is 15.8. The summed E-state index contributed by atoms with van der Waals surface area (Å²) >= 11 is 3.59. The summed E-state index contributed by atoms with van der Waals surface area (Å²) in [7, 11) is 1.71. The first-order valence-corrected chi connectivity index (χ1v) is 7.83. The average Bonchev–Trinajstić information content (AvgIpc) is 2.45. The highest BCUT2D eigenvalue weighted by Crippen LogP contribution is 2.32. The number of nitrogens with zero attached hydrogens (tertiary/aromatic N) is 1. The van der Waals surface area contributed by atoms with Gasteiger partial charge in [-0.25, -0.2) is 0 Å². The van der Waals surface area contributed by atoms with Crippen LogP contribution in [-0.4, -0.2) is 38.2 Å². The van der Waals surface area contributed by atoms with Crippen LogP contribution in [0.3, 0.4) is 0 Å². The summed E-state index contributed by atoms with van der Waals surface area (Å²) in [5.74, 6) is 0.902. The second-order valence-corrected chi connectivity index (χ2v) is 5.84. The van der Waals surface area contributed by atoms with E-state index < -0.39 is 0 Å². The van der Waals surface area contributed by atoms with E-state index in [2.05, 4.69) is 51.3 Å². The topological polar surface area (TPSA) is 24.5 Å². The molecule has 0 aliphatic carbocycles. The molecule has 122 valence electrons. The maximum atomic E-state index is 5.31. The van der Waals surface area contributed by atoms with Crippen molar-refractivity contribution < 1.29 is 4.74 Å². The number of ether oxygens (including phenoxy) is 1. The fourth-order valence-corrected chi connectivity index (χ4v) is 3.28. The molecule has 2 rings (SSSR count). The lowest BCUT2D eigenvalue weighted by atomic mass is 10.00. The van der Waals surface area contributed by atoms with E-state index in [0.717, 1.165) is 36.4 Å². The molecule has 0 unspecified atom stereocenters. The number of nitrogens with one attached hydrogen (secondary N) is 1. The van der Waals surface area contributed by atoms with Gasteiger partial charge in [0, 0.05) is 32.2 Å². The molecular formula is C15H25BrCl2N2O. The van der Waals surface area contributed by atoms with Crippen LogP contribution >= 0.6 is 40.7 Å². The van der Waals surface area contributed by atoms with Gasteiger partial charge in [-0.1, -0.05) is 19.4 Å². The highest BCUT2D eigenvalue weighted by molar-refractivity contribution is 9.10. The van der Waals surface area contributed by atoms with Crippen molar-refractivity contribution in [3.05, 3.63) is 28.2 Å². The third kappa shape index (κ3) is 5.61.